The third kappa shape index (κ3) is 4.24. The van der Waals surface area contributed by atoms with E-state index in [1.54, 1.807) is 0 Å². The van der Waals surface area contributed by atoms with Crippen molar-refractivity contribution in [3.05, 3.63) is 22.5 Å². The van der Waals surface area contributed by atoms with Crippen LogP contribution in [0.3, 0.4) is 0 Å². The minimum Gasteiger partial charge on any atom is -0.353 e. The summed E-state index contributed by atoms with van der Waals surface area (Å²) >= 11 is 0. The van der Waals surface area contributed by atoms with Crippen molar-refractivity contribution in [3.8, 4) is 0 Å². The topological polar surface area (TPSA) is 116 Å². The van der Waals surface area contributed by atoms with Gasteiger partial charge in [-0.3, -0.25) is 19.6 Å². The summed E-state index contributed by atoms with van der Waals surface area (Å²) in [6.45, 7) is 0.348. The van der Waals surface area contributed by atoms with Crippen molar-refractivity contribution in [2.45, 2.75) is 57.2 Å². The Bertz CT molecular complexity index is 579. The van der Waals surface area contributed by atoms with Crippen LogP contribution in [0.4, 0.5) is 5.69 Å². The predicted octanol–water partition coefficient (Wildman–Crippen LogP) is 1.63. The molecular formula is C15H24ClN5O3. The van der Waals surface area contributed by atoms with Gasteiger partial charge in [0.1, 0.15) is 12.4 Å². The molecule has 2 saturated carbocycles. The molecule has 8 nitrogen and oxygen atoms in total. The Morgan fingerprint density at radius 3 is 2.67 bits per heavy atom. The smallest absolute Gasteiger partial charge is 0.306 e. The number of carbonyl (C=O) groups is 1. The monoisotopic (exact) mass is 357 g/mol. The molecule has 2 atom stereocenters. The Kier molecular flexibility index (Phi) is 6.17. The van der Waals surface area contributed by atoms with Crippen molar-refractivity contribution in [1.29, 1.82) is 0 Å². The summed E-state index contributed by atoms with van der Waals surface area (Å²) in [5.74, 6) is 0.972. The summed E-state index contributed by atoms with van der Waals surface area (Å²) in [7, 11) is 0. The molecule has 1 aromatic rings. The van der Waals surface area contributed by atoms with E-state index < -0.39 is 4.92 Å². The quantitative estimate of drug-likeness (QED) is 0.613. The molecule has 9 heteroatoms. The SMILES string of the molecule is Cl.NC1CC2CCCC(C1)C2NC(=O)CCn1cc([N+](=O)[O-])cn1. The summed E-state index contributed by atoms with van der Waals surface area (Å²) in [5, 5.41) is 17.7. The predicted molar refractivity (Wildman–Crippen MR) is 90.7 cm³/mol. The minimum atomic E-state index is -0.490. The van der Waals surface area contributed by atoms with Crippen LogP contribution >= 0.6 is 12.4 Å². The lowest BCUT2D eigenvalue weighted by atomic mass is 9.67. The lowest BCUT2D eigenvalue weighted by Crippen LogP contribution is -2.53. The Morgan fingerprint density at radius 2 is 2.08 bits per heavy atom. The van der Waals surface area contributed by atoms with E-state index in [-0.39, 0.29) is 42.5 Å². The highest BCUT2D eigenvalue weighted by atomic mass is 35.5. The van der Waals surface area contributed by atoms with E-state index in [0.29, 0.717) is 18.4 Å². The van der Waals surface area contributed by atoms with Crippen molar-refractivity contribution in [1.82, 2.24) is 15.1 Å². The molecule has 0 aromatic carbocycles. The van der Waals surface area contributed by atoms with Crippen molar-refractivity contribution in [2.24, 2.45) is 17.6 Å². The van der Waals surface area contributed by atoms with Gasteiger partial charge < -0.3 is 11.1 Å². The van der Waals surface area contributed by atoms with Gasteiger partial charge in [-0.2, -0.15) is 5.10 Å². The van der Waals surface area contributed by atoms with Gasteiger partial charge in [-0.25, -0.2) is 0 Å². The number of aromatic nitrogens is 2. The van der Waals surface area contributed by atoms with Crippen LogP contribution in [-0.4, -0.2) is 32.7 Å². The van der Waals surface area contributed by atoms with Crippen LogP contribution in [0.2, 0.25) is 0 Å². The second-order valence-corrected chi connectivity index (χ2v) is 6.74. The fourth-order valence-corrected chi connectivity index (χ4v) is 4.07. The first-order valence-corrected chi connectivity index (χ1v) is 8.24. The van der Waals surface area contributed by atoms with E-state index in [1.165, 1.54) is 23.5 Å². The minimum absolute atomic E-state index is 0. The normalized spacial score (nSPS) is 28.7. The van der Waals surface area contributed by atoms with Gasteiger partial charge in [0.05, 0.1) is 4.92 Å². The van der Waals surface area contributed by atoms with Gasteiger partial charge in [-0.05, 0) is 37.5 Å². The number of halogens is 1. The highest BCUT2D eigenvalue weighted by molar-refractivity contribution is 5.85. The number of hydrogen-bond donors (Lipinski definition) is 2. The molecule has 0 radical (unpaired) electrons. The van der Waals surface area contributed by atoms with E-state index in [2.05, 4.69) is 10.4 Å². The molecule has 2 unspecified atom stereocenters. The van der Waals surface area contributed by atoms with E-state index in [1.807, 2.05) is 0 Å². The van der Waals surface area contributed by atoms with Crippen LogP contribution in [0, 0.1) is 22.0 Å². The van der Waals surface area contributed by atoms with Crippen LogP contribution in [0.25, 0.3) is 0 Å². The maximum Gasteiger partial charge on any atom is 0.306 e. The van der Waals surface area contributed by atoms with Crippen molar-refractivity contribution in [2.75, 3.05) is 0 Å². The average Bonchev–Trinajstić information content (AvgIpc) is 2.95. The first-order valence-electron chi connectivity index (χ1n) is 8.24. The first kappa shape index (κ1) is 18.7. The number of amides is 1. The van der Waals surface area contributed by atoms with Gasteiger partial charge >= 0.3 is 5.69 Å². The molecule has 0 spiro atoms. The molecule has 24 heavy (non-hydrogen) atoms. The number of aryl methyl sites for hydroxylation is 1. The molecule has 1 heterocycles. The number of nitro groups is 1. The Hall–Kier alpha value is -1.67. The number of hydrogen-bond acceptors (Lipinski definition) is 5. The third-order valence-corrected chi connectivity index (χ3v) is 5.10. The molecule has 134 valence electrons. The van der Waals surface area contributed by atoms with Gasteiger partial charge in [0.15, 0.2) is 0 Å². The number of nitrogens with zero attached hydrogens (tertiary/aromatic N) is 3. The fourth-order valence-electron chi connectivity index (χ4n) is 4.07. The fraction of sp³-hybridized carbons (Fsp3) is 0.733. The Labute approximate surface area is 146 Å². The number of nitrogens with two attached hydrogens (primary N) is 1. The van der Waals surface area contributed by atoms with Gasteiger partial charge in [0, 0.05) is 25.0 Å². The molecule has 2 aliphatic carbocycles. The summed E-state index contributed by atoms with van der Waals surface area (Å²) < 4.78 is 1.44. The zero-order chi connectivity index (χ0) is 16.4. The van der Waals surface area contributed by atoms with Crippen LogP contribution < -0.4 is 11.1 Å². The molecule has 2 aliphatic rings. The average molecular weight is 358 g/mol. The lowest BCUT2D eigenvalue weighted by molar-refractivity contribution is -0.385. The number of fused-ring (bicyclic) bond motifs is 2. The van der Waals surface area contributed by atoms with E-state index in [4.69, 9.17) is 5.73 Å². The second kappa shape index (κ2) is 7.94. The highest BCUT2D eigenvalue weighted by Crippen LogP contribution is 2.39. The first-order chi connectivity index (χ1) is 11.0. The van der Waals surface area contributed by atoms with Crippen LogP contribution in [0.1, 0.15) is 38.5 Å². The molecule has 0 saturated heterocycles. The van der Waals surface area contributed by atoms with E-state index in [9.17, 15) is 14.9 Å². The highest BCUT2D eigenvalue weighted by Gasteiger charge is 2.39. The van der Waals surface area contributed by atoms with Crippen LogP contribution in [0.15, 0.2) is 12.4 Å². The zero-order valence-corrected chi connectivity index (χ0v) is 14.3. The van der Waals surface area contributed by atoms with Gasteiger partial charge in [0.2, 0.25) is 5.91 Å². The maximum absolute atomic E-state index is 12.2. The molecule has 1 aromatic heterocycles. The van der Waals surface area contributed by atoms with Gasteiger partial charge in [0.25, 0.3) is 0 Å². The molecule has 3 N–H and O–H groups in total. The van der Waals surface area contributed by atoms with E-state index in [0.717, 1.165) is 25.7 Å². The van der Waals surface area contributed by atoms with Crippen LogP contribution in [-0.2, 0) is 11.3 Å². The van der Waals surface area contributed by atoms with Crippen molar-refractivity contribution in [3.63, 3.8) is 0 Å². The maximum atomic E-state index is 12.2. The Balaban J connectivity index is 0.00000208. The van der Waals surface area contributed by atoms with Crippen LogP contribution in [0.5, 0.6) is 0 Å². The summed E-state index contributed by atoms with van der Waals surface area (Å²) in [6, 6.07) is 0.506. The zero-order valence-electron chi connectivity index (χ0n) is 13.5. The number of nitrogens with one attached hydrogen (secondary N) is 1. The molecule has 0 aliphatic heterocycles. The molecule has 2 bridgehead atoms. The van der Waals surface area contributed by atoms with Gasteiger partial charge in [-0.1, -0.05) is 6.42 Å². The standard InChI is InChI=1S/C15H23N5O3.ClH/c16-12-6-10-2-1-3-11(7-12)15(10)18-14(21)4-5-19-9-13(8-17-19)20(22)23;/h8-12,15H,1-7,16H2,(H,18,21);1H. The molecular weight excluding hydrogens is 334 g/mol. The largest absolute Gasteiger partial charge is 0.353 e. The summed E-state index contributed by atoms with van der Waals surface area (Å²) in [5.41, 5.74) is 6.05. The number of rotatable bonds is 5. The van der Waals surface area contributed by atoms with Gasteiger partial charge in [-0.15, -0.1) is 12.4 Å². The molecule has 2 fully saturated rings. The van der Waals surface area contributed by atoms with Crippen molar-refractivity contribution >= 4 is 24.0 Å². The Morgan fingerprint density at radius 1 is 1.42 bits per heavy atom. The van der Waals surface area contributed by atoms with Crippen molar-refractivity contribution < 1.29 is 9.72 Å². The summed E-state index contributed by atoms with van der Waals surface area (Å²) in [6.07, 6.45) is 8.32. The summed E-state index contributed by atoms with van der Waals surface area (Å²) in [4.78, 5) is 22.3. The molecule has 3 rings (SSSR count). The number of carbonyl (C=O) groups excluding carboxylic acids is 1. The second-order valence-electron chi connectivity index (χ2n) is 6.74. The van der Waals surface area contributed by atoms with E-state index >= 15 is 0 Å². The molecule has 1 amide bonds. The third-order valence-electron chi connectivity index (χ3n) is 5.10. The lowest BCUT2D eigenvalue weighted by Gasteiger charge is -2.45.